The minimum absolute atomic E-state index is 0.319. The van der Waals surface area contributed by atoms with E-state index in [1.165, 1.54) is 55.5 Å². The van der Waals surface area contributed by atoms with Crippen LogP contribution >= 0.6 is 11.6 Å². The van der Waals surface area contributed by atoms with Crippen LogP contribution in [0.4, 0.5) is 16.0 Å². The Kier molecular flexibility index (Phi) is 20.2. The number of nitrogens with zero attached hydrogens (tertiary/aromatic N) is 6. The average molecular weight is 937 g/mol. The van der Waals surface area contributed by atoms with Gasteiger partial charge in [-0.15, -0.1) is 0 Å². The molecule has 3 heterocycles. The van der Waals surface area contributed by atoms with E-state index in [1.807, 2.05) is 38.5 Å². The Balaban J connectivity index is 0.000000746. The Labute approximate surface area is 400 Å². The van der Waals surface area contributed by atoms with Gasteiger partial charge in [-0.1, -0.05) is 80.1 Å². The molecule has 1 saturated heterocycles. The van der Waals surface area contributed by atoms with Crippen molar-refractivity contribution < 1.29 is 28.2 Å². The van der Waals surface area contributed by atoms with E-state index in [1.54, 1.807) is 26.4 Å². The predicted molar refractivity (Wildman–Crippen MR) is 268 cm³/mol. The zero-order chi connectivity index (χ0) is 47.4. The van der Waals surface area contributed by atoms with Crippen molar-refractivity contribution in [2.75, 3.05) is 79.5 Å². The van der Waals surface area contributed by atoms with E-state index in [2.05, 4.69) is 60.0 Å². The predicted octanol–water partition coefficient (Wildman–Crippen LogP) is 10.8. The van der Waals surface area contributed by atoms with Crippen LogP contribution in [-0.4, -0.2) is 116 Å². The lowest BCUT2D eigenvalue weighted by atomic mass is 9.95. The number of carbonyl (C=O) groups is 2. The van der Waals surface area contributed by atoms with Gasteiger partial charge in [0.1, 0.15) is 24.0 Å². The van der Waals surface area contributed by atoms with Gasteiger partial charge in [-0.25, -0.2) is 9.37 Å². The van der Waals surface area contributed by atoms with Gasteiger partial charge < -0.3 is 33.9 Å². The number of rotatable bonds is 22. The van der Waals surface area contributed by atoms with Crippen LogP contribution in [0.1, 0.15) is 81.4 Å². The summed E-state index contributed by atoms with van der Waals surface area (Å²) >= 11 is 6.11. The van der Waals surface area contributed by atoms with E-state index < -0.39 is 5.82 Å². The van der Waals surface area contributed by atoms with Gasteiger partial charge in [-0.3, -0.25) is 14.5 Å². The standard InChI is InChI=1S/C46H54ClFN6O4.C7H13NO/c1-56-42-25-34(11-10-23-55)26-43(57-2)44(42)58-24-9-4-3-8-18-52-19-21-53(22-20-52)31-33-14-16-35(17-15-33)41-32-54(39-12-6-5-7-13-39)45-40(41)30-49-46(51-45)50-38-28-36(47)27-37(48)29-38;1-8(2)6-4-3-5-7-9/h10-11,14-17,23,25-30,32,39H,3-9,12-13,18-22,24,31H2,1-2H3,(H,49,50,51);3,5,7H,4,6H2,1-2H3/b11-10+;5-3-. The zero-order valence-electron chi connectivity index (χ0n) is 39.6. The van der Waals surface area contributed by atoms with Gasteiger partial charge in [0, 0.05) is 79.4 Å². The quantitative estimate of drug-likeness (QED) is 0.0406. The monoisotopic (exact) mass is 935 g/mol. The smallest absolute Gasteiger partial charge is 0.229 e. The molecule has 7 rings (SSSR count). The lowest BCUT2D eigenvalue weighted by molar-refractivity contribution is -0.104. The Morgan fingerprint density at radius 3 is 2.24 bits per heavy atom. The first-order chi connectivity index (χ1) is 32.7. The molecule has 3 aromatic carbocycles. The second kappa shape index (κ2) is 26.7. The van der Waals surface area contributed by atoms with Crippen molar-refractivity contribution in [3.63, 3.8) is 0 Å². The lowest BCUT2D eigenvalue weighted by Gasteiger charge is -2.34. The summed E-state index contributed by atoms with van der Waals surface area (Å²) in [6.45, 7) is 7.95. The molecule has 0 amide bonds. The first kappa shape index (κ1) is 50.8. The van der Waals surface area contributed by atoms with Crippen LogP contribution < -0.4 is 19.5 Å². The van der Waals surface area contributed by atoms with E-state index in [9.17, 15) is 14.0 Å². The number of benzene rings is 3. The second-order valence-corrected chi connectivity index (χ2v) is 17.9. The number of hydrogen-bond acceptors (Lipinski definition) is 11. The van der Waals surface area contributed by atoms with Crippen molar-refractivity contribution in [3.05, 3.63) is 107 Å². The first-order valence-corrected chi connectivity index (χ1v) is 24.0. The molecule has 12 nitrogen and oxygen atoms in total. The van der Waals surface area contributed by atoms with Gasteiger partial charge in [-0.05, 0) is 112 Å². The molecule has 67 heavy (non-hydrogen) atoms. The molecule has 358 valence electrons. The molecule has 2 aliphatic rings. The molecule has 2 aromatic heterocycles. The van der Waals surface area contributed by atoms with Crippen LogP contribution in [0.5, 0.6) is 17.2 Å². The van der Waals surface area contributed by atoms with E-state index in [0.29, 0.717) is 46.6 Å². The second-order valence-electron chi connectivity index (χ2n) is 17.4. The van der Waals surface area contributed by atoms with Crippen LogP contribution in [0.2, 0.25) is 5.02 Å². The fourth-order valence-electron chi connectivity index (χ4n) is 8.67. The molecule has 0 unspecified atom stereocenters. The third kappa shape index (κ3) is 15.5. The topological polar surface area (TPSA) is 114 Å². The summed E-state index contributed by atoms with van der Waals surface area (Å²) in [5.41, 5.74) is 5.81. The highest BCUT2D eigenvalue weighted by Crippen LogP contribution is 2.40. The van der Waals surface area contributed by atoms with Gasteiger partial charge in [0.25, 0.3) is 0 Å². The maximum atomic E-state index is 14.0. The molecule has 0 bridgehead atoms. The number of anilines is 2. The number of fused-ring (bicyclic) bond motifs is 1. The molecule has 1 aliphatic heterocycles. The number of hydrogen-bond donors (Lipinski definition) is 1. The Bertz CT molecular complexity index is 2350. The number of ether oxygens (including phenoxy) is 3. The van der Waals surface area contributed by atoms with Crippen molar-refractivity contribution in [2.45, 2.75) is 76.8 Å². The number of carbonyl (C=O) groups excluding carboxylic acids is 2. The lowest BCUT2D eigenvalue weighted by Crippen LogP contribution is -2.46. The number of aromatic nitrogens is 3. The molecule has 1 N–H and O–H groups in total. The Morgan fingerprint density at radius 1 is 0.866 bits per heavy atom. The van der Waals surface area contributed by atoms with E-state index in [-0.39, 0.29) is 0 Å². The Hall–Kier alpha value is -5.60. The average Bonchev–Trinajstić information content (AvgIpc) is 3.71. The molecule has 0 spiro atoms. The molecule has 1 aliphatic carbocycles. The third-order valence-corrected chi connectivity index (χ3v) is 12.4. The first-order valence-electron chi connectivity index (χ1n) is 23.6. The molecule has 1 saturated carbocycles. The SMILES string of the molecule is CN(C)CC/C=C\C=O.COc1cc(/C=C/C=O)cc(OC)c1OCCCCCCN1CCN(Cc2ccc(-c3cn(C4CCCCC4)c4nc(Nc5cc(F)cc(Cl)c5)ncc34)cc2)CC1. The highest BCUT2D eigenvalue weighted by atomic mass is 35.5. The van der Waals surface area contributed by atoms with E-state index >= 15 is 0 Å². The number of aldehydes is 2. The minimum Gasteiger partial charge on any atom is -0.493 e. The highest BCUT2D eigenvalue weighted by molar-refractivity contribution is 6.30. The van der Waals surface area contributed by atoms with Gasteiger partial charge >= 0.3 is 0 Å². The molecular formula is C53H67ClFN7O5. The van der Waals surface area contributed by atoms with Crippen LogP contribution in [-0.2, 0) is 16.1 Å². The van der Waals surface area contributed by atoms with E-state index in [4.69, 9.17) is 30.8 Å². The van der Waals surface area contributed by atoms with Crippen LogP contribution in [0.25, 0.3) is 28.2 Å². The summed E-state index contributed by atoms with van der Waals surface area (Å²) in [6, 6.07) is 17.4. The van der Waals surface area contributed by atoms with Crippen LogP contribution in [0.15, 0.2) is 85.2 Å². The molecule has 0 atom stereocenters. The summed E-state index contributed by atoms with van der Waals surface area (Å²) in [5.74, 6) is 1.78. The molecule has 5 aromatic rings. The number of halogens is 2. The molecular weight excluding hydrogens is 869 g/mol. The van der Waals surface area contributed by atoms with Crippen molar-refractivity contribution in [2.24, 2.45) is 0 Å². The number of piperazine rings is 1. The summed E-state index contributed by atoms with van der Waals surface area (Å²) in [6.07, 6.45) is 23.5. The van der Waals surface area contributed by atoms with Crippen LogP contribution in [0.3, 0.4) is 0 Å². The number of unbranched alkanes of at least 4 members (excludes halogenated alkanes) is 3. The molecule has 14 heteroatoms. The summed E-state index contributed by atoms with van der Waals surface area (Å²) in [5, 5.41) is 4.49. The van der Waals surface area contributed by atoms with Gasteiger partial charge in [0.2, 0.25) is 11.7 Å². The zero-order valence-corrected chi connectivity index (χ0v) is 40.4. The molecule has 2 fully saturated rings. The van der Waals surface area contributed by atoms with Crippen molar-refractivity contribution in [1.29, 1.82) is 0 Å². The molecule has 0 radical (unpaired) electrons. The third-order valence-electron chi connectivity index (χ3n) is 12.2. The largest absolute Gasteiger partial charge is 0.493 e. The van der Waals surface area contributed by atoms with Gasteiger partial charge in [0.05, 0.1) is 20.8 Å². The fourth-order valence-corrected chi connectivity index (χ4v) is 8.89. The van der Waals surface area contributed by atoms with E-state index in [0.717, 1.165) is 125 Å². The van der Waals surface area contributed by atoms with Crippen molar-refractivity contribution >= 4 is 52.9 Å². The highest BCUT2D eigenvalue weighted by Gasteiger charge is 2.22. The van der Waals surface area contributed by atoms with Gasteiger partial charge in [0.15, 0.2) is 11.5 Å². The van der Waals surface area contributed by atoms with Gasteiger partial charge in [-0.2, -0.15) is 4.98 Å². The fraction of sp³-hybridized carbons (Fsp3) is 0.434. The maximum Gasteiger partial charge on any atom is 0.229 e. The summed E-state index contributed by atoms with van der Waals surface area (Å²) in [4.78, 5) is 37.3. The van der Waals surface area contributed by atoms with Crippen molar-refractivity contribution in [3.8, 4) is 28.4 Å². The Morgan fingerprint density at radius 2 is 1.57 bits per heavy atom. The summed E-state index contributed by atoms with van der Waals surface area (Å²) in [7, 11) is 7.23. The van der Waals surface area contributed by atoms with Crippen molar-refractivity contribution in [1.82, 2.24) is 29.2 Å². The number of allylic oxidation sites excluding steroid dienone is 2. The normalized spacial score (nSPS) is 15.0. The van der Waals surface area contributed by atoms with Crippen LogP contribution in [0, 0.1) is 5.82 Å². The maximum absolute atomic E-state index is 14.0. The minimum atomic E-state index is -0.410. The summed E-state index contributed by atoms with van der Waals surface area (Å²) < 4.78 is 33.5. The number of methoxy groups -OCH3 is 2. The number of nitrogens with one attached hydrogen (secondary N) is 1.